The lowest BCUT2D eigenvalue weighted by molar-refractivity contribution is 0.0751. The number of rotatable bonds is 7. The average molecular weight is 304 g/mol. The molecule has 2 rings (SSSR count). The van der Waals surface area contributed by atoms with Crippen LogP contribution in [0.4, 0.5) is 5.13 Å². The molecular weight excluding hydrogens is 284 g/mol. The quantitative estimate of drug-likeness (QED) is 0.854. The summed E-state index contributed by atoms with van der Waals surface area (Å²) in [6.45, 7) is 6.12. The van der Waals surface area contributed by atoms with E-state index in [2.05, 4.69) is 22.4 Å². The van der Waals surface area contributed by atoms with E-state index in [0.717, 1.165) is 18.5 Å². The summed E-state index contributed by atoms with van der Waals surface area (Å²) in [5.74, 6) is -0.0663. The van der Waals surface area contributed by atoms with Crippen molar-refractivity contribution in [2.45, 2.75) is 26.8 Å². The topological polar surface area (TPSA) is 58.1 Å². The minimum Gasteiger partial charge on any atom is -0.360 e. The van der Waals surface area contributed by atoms with Crippen molar-refractivity contribution in [2.24, 2.45) is 0 Å². The second-order valence-electron chi connectivity index (χ2n) is 4.64. The van der Waals surface area contributed by atoms with Gasteiger partial charge < -0.3 is 10.2 Å². The van der Waals surface area contributed by atoms with Crippen LogP contribution in [0, 0.1) is 0 Å². The number of benzene rings is 1. The van der Waals surface area contributed by atoms with Gasteiger partial charge in [-0.05, 0) is 18.9 Å². The molecule has 2 aromatic rings. The van der Waals surface area contributed by atoms with Crippen LogP contribution in [0.25, 0.3) is 0 Å². The van der Waals surface area contributed by atoms with Crippen molar-refractivity contribution in [3.05, 3.63) is 40.9 Å². The van der Waals surface area contributed by atoms with Crippen LogP contribution in [0.3, 0.4) is 0 Å². The third-order valence-electron chi connectivity index (χ3n) is 3.02. The molecule has 0 aliphatic rings. The first-order valence-corrected chi connectivity index (χ1v) is 7.96. The van der Waals surface area contributed by atoms with Gasteiger partial charge in [0.2, 0.25) is 10.1 Å². The van der Waals surface area contributed by atoms with Crippen LogP contribution in [-0.4, -0.2) is 34.1 Å². The third-order valence-corrected chi connectivity index (χ3v) is 3.89. The zero-order chi connectivity index (χ0) is 15.1. The molecule has 0 aliphatic heterocycles. The first-order chi connectivity index (χ1) is 10.2. The Bertz CT molecular complexity index is 570. The number of anilines is 1. The Kier molecular flexibility index (Phi) is 5.68. The van der Waals surface area contributed by atoms with Gasteiger partial charge in [0.25, 0.3) is 5.91 Å². The minimum absolute atomic E-state index is 0.0663. The number of carbonyl (C=O) groups is 1. The molecule has 0 spiro atoms. The lowest BCUT2D eigenvalue weighted by Gasteiger charge is -2.19. The maximum Gasteiger partial charge on any atom is 0.285 e. The fourth-order valence-corrected chi connectivity index (χ4v) is 2.62. The molecule has 6 heteroatoms. The number of hydrogen-bond donors (Lipinski definition) is 1. The molecule has 0 radical (unpaired) electrons. The molecule has 1 heterocycles. The van der Waals surface area contributed by atoms with Gasteiger partial charge in [-0.15, -0.1) is 10.2 Å². The van der Waals surface area contributed by atoms with E-state index < -0.39 is 0 Å². The predicted octanol–water partition coefficient (Wildman–Crippen LogP) is 3.02. The second-order valence-corrected chi connectivity index (χ2v) is 5.62. The Hall–Kier alpha value is -1.95. The van der Waals surface area contributed by atoms with Crippen LogP contribution in [0.5, 0.6) is 0 Å². The van der Waals surface area contributed by atoms with E-state index in [1.807, 2.05) is 37.3 Å². The first kappa shape index (κ1) is 15.4. The smallest absolute Gasteiger partial charge is 0.285 e. The number of hydrogen-bond acceptors (Lipinski definition) is 5. The largest absolute Gasteiger partial charge is 0.360 e. The minimum atomic E-state index is -0.0663. The Morgan fingerprint density at radius 3 is 2.67 bits per heavy atom. The number of nitrogens with zero attached hydrogens (tertiary/aromatic N) is 3. The molecule has 112 valence electrons. The molecule has 1 aromatic carbocycles. The third kappa shape index (κ3) is 4.26. The maximum atomic E-state index is 12.5. The summed E-state index contributed by atoms with van der Waals surface area (Å²) in [5.41, 5.74) is 1.11. The van der Waals surface area contributed by atoms with E-state index in [0.29, 0.717) is 23.2 Å². The predicted molar refractivity (Wildman–Crippen MR) is 85.5 cm³/mol. The molecule has 0 bridgehead atoms. The highest BCUT2D eigenvalue weighted by Crippen LogP contribution is 2.18. The molecule has 1 N–H and O–H groups in total. The maximum absolute atomic E-state index is 12.5. The molecule has 0 saturated carbocycles. The molecule has 21 heavy (non-hydrogen) atoms. The summed E-state index contributed by atoms with van der Waals surface area (Å²) in [6.07, 6.45) is 1.01. The fraction of sp³-hybridized carbons (Fsp3) is 0.400. The summed E-state index contributed by atoms with van der Waals surface area (Å²) >= 11 is 1.31. The molecule has 0 saturated heterocycles. The van der Waals surface area contributed by atoms with E-state index in [1.54, 1.807) is 4.90 Å². The van der Waals surface area contributed by atoms with Crippen molar-refractivity contribution in [1.29, 1.82) is 0 Å². The zero-order valence-electron chi connectivity index (χ0n) is 12.4. The molecular formula is C15H20N4OS. The number of aromatic nitrogens is 2. The molecule has 1 aromatic heterocycles. The normalized spacial score (nSPS) is 10.4. The van der Waals surface area contributed by atoms with Gasteiger partial charge in [-0.1, -0.05) is 48.6 Å². The van der Waals surface area contributed by atoms with Gasteiger partial charge in [0.05, 0.1) is 0 Å². The van der Waals surface area contributed by atoms with E-state index in [-0.39, 0.29) is 5.91 Å². The van der Waals surface area contributed by atoms with Crippen LogP contribution in [0.2, 0.25) is 0 Å². The Morgan fingerprint density at radius 2 is 2.00 bits per heavy atom. The molecule has 5 nitrogen and oxygen atoms in total. The molecule has 0 fully saturated rings. The average Bonchev–Trinajstić information content (AvgIpc) is 3.00. The summed E-state index contributed by atoms with van der Waals surface area (Å²) in [5, 5.41) is 12.3. The van der Waals surface area contributed by atoms with Gasteiger partial charge in [-0.25, -0.2) is 0 Å². The summed E-state index contributed by atoms with van der Waals surface area (Å²) in [7, 11) is 0. The van der Waals surface area contributed by atoms with Gasteiger partial charge >= 0.3 is 0 Å². The van der Waals surface area contributed by atoms with Crippen molar-refractivity contribution >= 4 is 22.4 Å². The SMILES string of the molecule is CCCNc1nnc(C(=O)N(CC)Cc2ccccc2)s1. The molecule has 0 atom stereocenters. The van der Waals surface area contributed by atoms with Crippen molar-refractivity contribution < 1.29 is 4.79 Å². The van der Waals surface area contributed by atoms with Crippen molar-refractivity contribution in [2.75, 3.05) is 18.4 Å². The van der Waals surface area contributed by atoms with E-state index >= 15 is 0 Å². The van der Waals surface area contributed by atoms with Crippen molar-refractivity contribution in [3.63, 3.8) is 0 Å². The standard InChI is InChI=1S/C15H20N4OS/c1-3-10-16-15-18-17-13(21-15)14(20)19(4-2)11-12-8-6-5-7-9-12/h5-9H,3-4,10-11H2,1-2H3,(H,16,18). The van der Waals surface area contributed by atoms with E-state index in [9.17, 15) is 4.79 Å². The summed E-state index contributed by atoms with van der Waals surface area (Å²) < 4.78 is 0. The van der Waals surface area contributed by atoms with Crippen LogP contribution in [-0.2, 0) is 6.54 Å². The molecule has 0 unspecified atom stereocenters. The lowest BCUT2D eigenvalue weighted by Crippen LogP contribution is -2.30. The van der Waals surface area contributed by atoms with E-state index in [4.69, 9.17) is 0 Å². The van der Waals surface area contributed by atoms with Crippen LogP contribution < -0.4 is 5.32 Å². The van der Waals surface area contributed by atoms with Crippen LogP contribution >= 0.6 is 11.3 Å². The molecule has 1 amide bonds. The van der Waals surface area contributed by atoms with E-state index in [1.165, 1.54) is 11.3 Å². The summed E-state index contributed by atoms with van der Waals surface area (Å²) in [6, 6.07) is 9.96. The Balaban J connectivity index is 2.04. The highest BCUT2D eigenvalue weighted by atomic mass is 32.1. The highest BCUT2D eigenvalue weighted by Gasteiger charge is 2.19. The van der Waals surface area contributed by atoms with Crippen LogP contribution in [0.15, 0.2) is 30.3 Å². The highest BCUT2D eigenvalue weighted by molar-refractivity contribution is 7.17. The van der Waals surface area contributed by atoms with Gasteiger partial charge in [0, 0.05) is 19.6 Å². The first-order valence-electron chi connectivity index (χ1n) is 7.15. The number of carbonyl (C=O) groups excluding carboxylic acids is 1. The van der Waals surface area contributed by atoms with Crippen LogP contribution in [0.1, 0.15) is 35.6 Å². The van der Waals surface area contributed by atoms with Crippen molar-refractivity contribution in [1.82, 2.24) is 15.1 Å². The monoisotopic (exact) mass is 304 g/mol. The fourth-order valence-electron chi connectivity index (χ4n) is 1.88. The summed E-state index contributed by atoms with van der Waals surface area (Å²) in [4.78, 5) is 14.3. The van der Waals surface area contributed by atoms with Gasteiger partial charge in [-0.2, -0.15) is 0 Å². The Morgan fingerprint density at radius 1 is 1.24 bits per heavy atom. The number of nitrogens with one attached hydrogen (secondary N) is 1. The van der Waals surface area contributed by atoms with Gasteiger partial charge in [-0.3, -0.25) is 4.79 Å². The van der Waals surface area contributed by atoms with Gasteiger partial charge in [0.1, 0.15) is 0 Å². The zero-order valence-corrected chi connectivity index (χ0v) is 13.2. The Labute approximate surface area is 129 Å². The second kappa shape index (κ2) is 7.73. The lowest BCUT2D eigenvalue weighted by atomic mass is 10.2. The van der Waals surface area contributed by atoms with Gasteiger partial charge in [0.15, 0.2) is 0 Å². The van der Waals surface area contributed by atoms with Crippen molar-refractivity contribution in [3.8, 4) is 0 Å². The molecule has 0 aliphatic carbocycles. The number of amides is 1.